The molecule has 106 valence electrons. The van der Waals surface area contributed by atoms with Crippen molar-refractivity contribution in [1.29, 1.82) is 0 Å². The highest BCUT2D eigenvalue weighted by atomic mass is 16.2. The van der Waals surface area contributed by atoms with E-state index in [9.17, 15) is 4.79 Å². The van der Waals surface area contributed by atoms with Crippen molar-refractivity contribution < 1.29 is 4.79 Å². The molecule has 0 spiro atoms. The van der Waals surface area contributed by atoms with E-state index in [1.54, 1.807) is 10.9 Å². The molecule has 2 aromatic rings. The molecule has 1 aromatic carbocycles. The van der Waals surface area contributed by atoms with Crippen LogP contribution in [0.25, 0.3) is 5.69 Å². The zero-order chi connectivity index (χ0) is 14.5. The van der Waals surface area contributed by atoms with E-state index in [4.69, 9.17) is 5.73 Å². The van der Waals surface area contributed by atoms with Crippen LogP contribution in [-0.2, 0) is 4.79 Å². The minimum atomic E-state index is -0.492. The van der Waals surface area contributed by atoms with Gasteiger partial charge in [-0.05, 0) is 30.2 Å². The summed E-state index contributed by atoms with van der Waals surface area (Å²) < 4.78 is 1.74. The smallest absolute Gasteiger partial charge is 0.241 e. The maximum absolute atomic E-state index is 12.1. The number of nitrogens with zero attached hydrogens (tertiary/aromatic N) is 2. The summed E-state index contributed by atoms with van der Waals surface area (Å²) in [5.74, 6) is 0.00117. The molecular weight excluding hydrogens is 252 g/mol. The van der Waals surface area contributed by atoms with Gasteiger partial charge in [0.1, 0.15) is 0 Å². The van der Waals surface area contributed by atoms with Crippen LogP contribution in [-0.4, -0.2) is 21.7 Å². The highest BCUT2D eigenvalue weighted by Crippen LogP contribution is 2.15. The zero-order valence-electron chi connectivity index (χ0n) is 11.8. The van der Waals surface area contributed by atoms with Gasteiger partial charge in [-0.1, -0.05) is 26.3 Å². The van der Waals surface area contributed by atoms with Crippen molar-refractivity contribution in [2.24, 2.45) is 11.7 Å². The molecule has 0 aliphatic rings. The lowest BCUT2D eigenvalue weighted by atomic mass is 9.99. The van der Waals surface area contributed by atoms with Crippen LogP contribution in [0.5, 0.6) is 0 Å². The van der Waals surface area contributed by atoms with E-state index in [2.05, 4.69) is 10.4 Å². The normalized spacial score (nSPS) is 13.8. The average molecular weight is 272 g/mol. The first kappa shape index (κ1) is 14.3. The summed E-state index contributed by atoms with van der Waals surface area (Å²) in [6.07, 6.45) is 4.44. The number of amides is 1. The third kappa shape index (κ3) is 3.24. The van der Waals surface area contributed by atoms with Gasteiger partial charge < -0.3 is 11.1 Å². The highest BCUT2D eigenvalue weighted by Gasteiger charge is 2.19. The second kappa shape index (κ2) is 6.34. The van der Waals surface area contributed by atoms with Gasteiger partial charge in [0.05, 0.1) is 11.7 Å². The Morgan fingerprint density at radius 3 is 2.90 bits per heavy atom. The van der Waals surface area contributed by atoms with Gasteiger partial charge >= 0.3 is 0 Å². The molecule has 0 saturated carbocycles. The van der Waals surface area contributed by atoms with E-state index in [1.165, 1.54) is 0 Å². The molecule has 0 bridgehead atoms. The first-order valence-corrected chi connectivity index (χ1v) is 6.78. The number of nitrogens with two attached hydrogens (primary N) is 1. The molecule has 0 saturated heterocycles. The van der Waals surface area contributed by atoms with Gasteiger partial charge in [0.2, 0.25) is 5.91 Å². The minimum absolute atomic E-state index is 0.156. The molecule has 20 heavy (non-hydrogen) atoms. The van der Waals surface area contributed by atoms with Crippen LogP contribution in [0.15, 0.2) is 42.7 Å². The molecule has 2 unspecified atom stereocenters. The van der Waals surface area contributed by atoms with Crippen LogP contribution in [0.2, 0.25) is 0 Å². The predicted octanol–water partition coefficient (Wildman–Crippen LogP) is 2.18. The molecule has 3 N–H and O–H groups in total. The number of carbonyl (C=O) groups excluding carboxylic acids is 1. The van der Waals surface area contributed by atoms with Crippen LogP contribution in [0.4, 0.5) is 5.69 Å². The van der Waals surface area contributed by atoms with E-state index >= 15 is 0 Å². The number of rotatable bonds is 5. The van der Waals surface area contributed by atoms with Crippen LogP contribution in [0, 0.1) is 5.92 Å². The van der Waals surface area contributed by atoms with Crippen LogP contribution in [0.3, 0.4) is 0 Å². The minimum Gasteiger partial charge on any atom is -0.325 e. The number of hydrogen-bond acceptors (Lipinski definition) is 3. The topological polar surface area (TPSA) is 72.9 Å². The van der Waals surface area contributed by atoms with Gasteiger partial charge in [-0.2, -0.15) is 5.10 Å². The fourth-order valence-electron chi connectivity index (χ4n) is 1.89. The van der Waals surface area contributed by atoms with Gasteiger partial charge in [-0.3, -0.25) is 4.79 Å². The molecule has 0 radical (unpaired) electrons. The van der Waals surface area contributed by atoms with Crippen LogP contribution in [0.1, 0.15) is 20.3 Å². The fourth-order valence-corrected chi connectivity index (χ4v) is 1.89. The molecule has 0 aliphatic heterocycles. The lowest BCUT2D eigenvalue weighted by Gasteiger charge is -2.18. The number of aromatic nitrogens is 2. The molecule has 1 heterocycles. The average Bonchev–Trinajstić information content (AvgIpc) is 3.00. The van der Waals surface area contributed by atoms with Gasteiger partial charge in [0.15, 0.2) is 0 Å². The molecular formula is C15H20N4O. The summed E-state index contributed by atoms with van der Waals surface area (Å²) in [6.45, 7) is 4.00. The van der Waals surface area contributed by atoms with Crippen molar-refractivity contribution in [3.05, 3.63) is 42.7 Å². The van der Waals surface area contributed by atoms with E-state index in [0.717, 1.165) is 17.8 Å². The monoisotopic (exact) mass is 272 g/mol. The summed E-state index contributed by atoms with van der Waals surface area (Å²) in [5, 5.41) is 7.02. The van der Waals surface area contributed by atoms with E-state index in [0.29, 0.717) is 0 Å². The summed E-state index contributed by atoms with van der Waals surface area (Å²) in [5.41, 5.74) is 7.54. The number of benzene rings is 1. The van der Waals surface area contributed by atoms with Gasteiger partial charge in [0, 0.05) is 18.1 Å². The third-order valence-electron chi connectivity index (χ3n) is 3.44. The summed E-state index contributed by atoms with van der Waals surface area (Å²) in [4.78, 5) is 12.1. The number of carbonyl (C=O) groups is 1. The van der Waals surface area contributed by atoms with Gasteiger partial charge in [-0.15, -0.1) is 0 Å². The Morgan fingerprint density at radius 1 is 1.45 bits per heavy atom. The quantitative estimate of drug-likeness (QED) is 0.876. The molecule has 1 aromatic heterocycles. The molecule has 5 heteroatoms. The fraction of sp³-hybridized carbons (Fsp3) is 0.333. The van der Waals surface area contributed by atoms with Crippen molar-refractivity contribution in [3.63, 3.8) is 0 Å². The number of anilines is 1. The Balaban J connectivity index is 2.10. The van der Waals surface area contributed by atoms with Gasteiger partial charge in [-0.25, -0.2) is 4.68 Å². The van der Waals surface area contributed by atoms with Gasteiger partial charge in [0.25, 0.3) is 0 Å². The maximum atomic E-state index is 12.1. The second-order valence-electron chi connectivity index (χ2n) is 4.90. The van der Waals surface area contributed by atoms with Crippen LogP contribution < -0.4 is 11.1 Å². The second-order valence-corrected chi connectivity index (χ2v) is 4.90. The van der Waals surface area contributed by atoms with E-state index in [1.807, 2.05) is 50.4 Å². The summed E-state index contributed by atoms with van der Waals surface area (Å²) in [7, 11) is 0. The SMILES string of the molecule is CCC(C)C(N)C(=O)Nc1cccc(-n2cccn2)c1. The standard InChI is InChI=1S/C15H20N4O/c1-3-11(2)14(16)15(20)18-12-6-4-7-13(10-12)19-9-5-8-17-19/h4-11,14H,3,16H2,1-2H3,(H,18,20). The summed E-state index contributed by atoms with van der Waals surface area (Å²) >= 11 is 0. The van der Waals surface area contributed by atoms with E-state index in [-0.39, 0.29) is 11.8 Å². The third-order valence-corrected chi connectivity index (χ3v) is 3.44. The van der Waals surface area contributed by atoms with Crippen molar-refractivity contribution in [2.45, 2.75) is 26.3 Å². The molecule has 1 amide bonds. The maximum Gasteiger partial charge on any atom is 0.241 e. The van der Waals surface area contributed by atoms with Crippen molar-refractivity contribution in [3.8, 4) is 5.69 Å². The Hall–Kier alpha value is -2.14. The van der Waals surface area contributed by atoms with Crippen molar-refractivity contribution in [2.75, 3.05) is 5.32 Å². The zero-order valence-corrected chi connectivity index (χ0v) is 11.8. The summed E-state index contributed by atoms with van der Waals surface area (Å²) in [6, 6.07) is 8.87. The molecule has 2 rings (SSSR count). The lowest BCUT2D eigenvalue weighted by molar-refractivity contribution is -0.118. The molecule has 0 fully saturated rings. The molecule has 2 atom stereocenters. The van der Waals surface area contributed by atoms with E-state index < -0.39 is 6.04 Å². The largest absolute Gasteiger partial charge is 0.325 e. The first-order valence-electron chi connectivity index (χ1n) is 6.78. The Labute approximate surface area is 118 Å². The number of hydrogen-bond donors (Lipinski definition) is 2. The van der Waals surface area contributed by atoms with Crippen molar-refractivity contribution >= 4 is 11.6 Å². The van der Waals surface area contributed by atoms with Crippen LogP contribution >= 0.6 is 0 Å². The predicted molar refractivity (Wildman–Crippen MR) is 79.6 cm³/mol. The molecule has 0 aliphatic carbocycles. The van der Waals surface area contributed by atoms with Crippen molar-refractivity contribution in [1.82, 2.24) is 9.78 Å². The number of nitrogens with one attached hydrogen (secondary N) is 1. The highest BCUT2D eigenvalue weighted by molar-refractivity contribution is 5.95. The Morgan fingerprint density at radius 2 is 2.25 bits per heavy atom. The lowest BCUT2D eigenvalue weighted by Crippen LogP contribution is -2.40. The Bertz CT molecular complexity index is 565. The Kier molecular flexibility index (Phi) is 4.53. The first-order chi connectivity index (χ1) is 9.61. The molecule has 5 nitrogen and oxygen atoms in total.